The standard InChI is InChI=1S/C18H20N4O4S/c1-4-9-22-14(19)10-15(23)21-18(22)27-11(2)16(24)20-13-7-5-12(6-8-13)17(25)26-3/h4-8,10-11H,1,9,19H2,2-3H3,(H,20,24)/t11-/m1/s1. The Morgan fingerprint density at radius 1 is 1.41 bits per heavy atom. The predicted octanol–water partition coefficient (Wildman–Crippen LogP) is 1.92. The normalized spacial score (nSPS) is 11.5. The number of thioether (sulfide) groups is 1. The molecule has 9 heteroatoms. The molecule has 0 saturated carbocycles. The van der Waals surface area contributed by atoms with E-state index in [1.807, 2.05) is 0 Å². The van der Waals surface area contributed by atoms with Crippen LogP contribution in [0, 0.1) is 0 Å². The lowest BCUT2D eigenvalue weighted by Crippen LogP contribution is -2.25. The van der Waals surface area contributed by atoms with Crippen molar-refractivity contribution in [1.29, 1.82) is 0 Å². The topological polar surface area (TPSA) is 116 Å². The van der Waals surface area contributed by atoms with Gasteiger partial charge in [0.15, 0.2) is 5.16 Å². The molecule has 0 aliphatic carbocycles. The highest BCUT2D eigenvalue weighted by molar-refractivity contribution is 8.00. The molecule has 0 fully saturated rings. The van der Waals surface area contributed by atoms with Crippen LogP contribution in [0.4, 0.5) is 11.5 Å². The first-order valence-electron chi connectivity index (χ1n) is 8.00. The van der Waals surface area contributed by atoms with Crippen molar-refractivity contribution in [3.05, 3.63) is 58.9 Å². The number of nitrogens with two attached hydrogens (primary N) is 1. The van der Waals surface area contributed by atoms with Crippen LogP contribution in [0.5, 0.6) is 0 Å². The highest BCUT2D eigenvalue weighted by Gasteiger charge is 2.18. The third-order valence-electron chi connectivity index (χ3n) is 3.56. The fourth-order valence-corrected chi connectivity index (χ4v) is 3.10. The number of carbonyl (C=O) groups excluding carboxylic acids is 2. The van der Waals surface area contributed by atoms with Crippen LogP contribution in [0.15, 0.2) is 52.9 Å². The highest BCUT2D eigenvalue weighted by Crippen LogP contribution is 2.23. The van der Waals surface area contributed by atoms with Crippen LogP contribution in [0.2, 0.25) is 0 Å². The Kier molecular flexibility index (Phi) is 6.78. The predicted molar refractivity (Wildman–Crippen MR) is 105 cm³/mol. The maximum atomic E-state index is 12.4. The number of aromatic nitrogens is 2. The molecule has 0 aliphatic rings. The minimum Gasteiger partial charge on any atom is -0.465 e. The molecule has 2 aromatic rings. The summed E-state index contributed by atoms with van der Waals surface area (Å²) >= 11 is 1.12. The van der Waals surface area contributed by atoms with Crippen LogP contribution >= 0.6 is 11.8 Å². The molecule has 3 N–H and O–H groups in total. The summed E-state index contributed by atoms with van der Waals surface area (Å²) in [5.41, 5.74) is 6.30. The van der Waals surface area contributed by atoms with E-state index in [9.17, 15) is 14.4 Å². The van der Waals surface area contributed by atoms with Gasteiger partial charge in [-0.3, -0.25) is 9.59 Å². The number of allylic oxidation sites excluding steroid dienone is 1. The quantitative estimate of drug-likeness (QED) is 0.322. The number of anilines is 2. The van der Waals surface area contributed by atoms with Gasteiger partial charge in [0.05, 0.1) is 17.9 Å². The van der Waals surface area contributed by atoms with E-state index < -0.39 is 16.8 Å². The Labute approximate surface area is 160 Å². The fourth-order valence-electron chi connectivity index (χ4n) is 2.17. The lowest BCUT2D eigenvalue weighted by Gasteiger charge is -2.16. The summed E-state index contributed by atoms with van der Waals surface area (Å²) in [5, 5.41) is 2.54. The number of esters is 1. The zero-order valence-corrected chi connectivity index (χ0v) is 15.8. The summed E-state index contributed by atoms with van der Waals surface area (Å²) in [6, 6.07) is 7.55. The third kappa shape index (κ3) is 5.20. The third-order valence-corrected chi connectivity index (χ3v) is 4.65. The van der Waals surface area contributed by atoms with E-state index in [0.29, 0.717) is 23.0 Å². The Hall–Kier alpha value is -3.07. The largest absolute Gasteiger partial charge is 0.465 e. The number of hydrogen-bond donors (Lipinski definition) is 2. The zero-order valence-electron chi connectivity index (χ0n) is 15.0. The molecule has 8 nitrogen and oxygen atoms in total. The molecular weight excluding hydrogens is 368 g/mol. The first kappa shape index (κ1) is 20.2. The van der Waals surface area contributed by atoms with Gasteiger partial charge in [-0.25, -0.2) is 4.79 Å². The van der Waals surface area contributed by atoms with Crippen LogP contribution in [-0.2, 0) is 16.1 Å². The number of benzene rings is 1. The number of nitrogen functional groups attached to an aromatic ring is 1. The van der Waals surface area contributed by atoms with Crippen LogP contribution in [0.3, 0.4) is 0 Å². The first-order valence-corrected chi connectivity index (χ1v) is 8.87. The number of amides is 1. The van der Waals surface area contributed by atoms with Crippen molar-refractivity contribution in [2.45, 2.75) is 23.9 Å². The molecule has 0 bridgehead atoms. The van der Waals surface area contributed by atoms with Gasteiger partial charge in [0.2, 0.25) is 5.91 Å². The number of ether oxygens (including phenoxy) is 1. The van der Waals surface area contributed by atoms with E-state index in [0.717, 1.165) is 11.8 Å². The summed E-state index contributed by atoms with van der Waals surface area (Å²) in [6.07, 6.45) is 1.63. The summed E-state index contributed by atoms with van der Waals surface area (Å²) in [7, 11) is 1.30. The maximum Gasteiger partial charge on any atom is 0.337 e. The fraction of sp³-hybridized carbons (Fsp3) is 0.222. The number of hydrogen-bond acceptors (Lipinski definition) is 7. The van der Waals surface area contributed by atoms with Gasteiger partial charge < -0.3 is 20.4 Å². The van der Waals surface area contributed by atoms with Crippen molar-refractivity contribution in [2.24, 2.45) is 0 Å². The van der Waals surface area contributed by atoms with E-state index >= 15 is 0 Å². The maximum absolute atomic E-state index is 12.4. The van der Waals surface area contributed by atoms with Crippen molar-refractivity contribution in [2.75, 3.05) is 18.2 Å². The molecular formula is C18H20N4O4S. The summed E-state index contributed by atoms with van der Waals surface area (Å²) < 4.78 is 6.24. The molecule has 1 atom stereocenters. The number of nitrogens with zero attached hydrogens (tertiary/aromatic N) is 2. The van der Waals surface area contributed by atoms with E-state index in [2.05, 4.69) is 21.6 Å². The second-order valence-corrected chi connectivity index (χ2v) is 6.83. The van der Waals surface area contributed by atoms with Crippen LogP contribution in [-0.4, -0.2) is 33.8 Å². The summed E-state index contributed by atoms with van der Waals surface area (Å²) in [6.45, 7) is 5.71. The minimum atomic E-state index is -0.546. The van der Waals surface area contributed by atoms with E-state index in [1.54, 1.807) is 41.8 Å². The number of nitrogens with one attached hydrogen (secondary N) is 1. The monoisotopic (exact) mass is 388 g/mol. The van der Waals surface area contributed by atoms with Crippen molar-refractivity contribution in [1.82, 2.24) is 9.55 Å². The number of carbonyl (C=O) groups is 2. The lowest BCUT2D eigenvalue weighted by atomic mass is 10.2. The van der Waals surface area contributed by atoms with Gasteiger partial charge in [-0.05, 0) is 31.2 Å². The second-order valence-electron chi connectivity index (χ2n) is 5.52. The van der Waals surface area contributed by atoms with Crippen molar-refractivity contribution < 1.29 is 14.3 Å². The molecule has 0 aliphatic heterocycles. The van der Waals surface area contributed by atoms with Gasteiger partial charge in [0.1, 0.15) is 5.82 Å². The van der Waals surface area contributed by atoms with E-state index in [1.165, 1.54) is 13.2 Å². The Bertz CT molecular complexity index is 909. The smallest absolute Gasteiger partial charge is 0.337 e. The first-order chi connectivity index (χ1) is 12.8. The molecule has 0 spiro atoms. The van der Waals surface area contributed by atoms with Crippen LogP contribution < -0.4 is 16.6 Å². The Morgan fingerprint density at radius 3 is 2.67 bits per heavy atom. The van der Waals surface area contributed by atoms with Crippen molar-refractivity contribution >= 4 is 35.1 Å². The van der Waals surface area contributed by atoms with E-state index in [4.69, 9.17) is 5.73 Å². The van der Waals surface area contributed by atoms with Gasteiger partial charge in [0.25, 0.3) is 5.56 Å². The number of methoxy groups -OCH3 is 1. The van der Waals surface area contributed by atoms with Gasteiger partial charge in [0, 0.05) is 18.3 Å². The Balaban J connectivity index is 2.11. The Morgan fingerprint density at radius 2 is 2.07 bits per heavy atom. The average Bonchev–Trinajstić information content (AvgIpc) is 2.64. The van der Waals surface area contributed by atoms with Gasteiger partial charge in [-0.15, -0.1) is 6.58 Å². The molecule has 27 heavy (non-hydrogen) atoms. The van der Waals surface area contributed by atoms with Gasteiger partial charge >= 0.3 is 5.97 Å². The van der Waals surface area contributed by atoms with Crippen LogP contribution in [0.25, 0.3) is 0 Å². The molecule has 1 heterocycles. The van der Waals surface area contributed by atoms with Crippen molar-refractivity contribution in [3.8, 4) is 0 Å². The summed E-state index contributed by atoms with van der Waals surface area (Å²) in [4.78, 5) is 39.4. The van der Waals surface area contributed by atoms with Gasteiger partial charge in [-0.2, -0.15) is 4.98 Å². The van der Waals surface area contributed by atoms with Crippen molar-refractivity contribution in [3.63, 3.8) is 0 Å². The molecule has 1 amide bonds. The summed E-state index contributed by atoms with van der Waals surface area (Å²) in [5.74, 6) is -0.485. The molecule has 142 valence electrons. The molecule has 0 radical (unpaired) electrons. The SMILES string of the molecule is C=CCn1c(N)cc(=O)nc1S[C@H](C)C(=O)Nc1ccc(C(=O)OC)cc1. The minimum absolute atomic E-state index is 0.253. The molecule has 1 aromatic carbocycles. The molecule has 0 saturated heterocycles. The lowest BCUT2D eigenvalue weighted by molar-refractivity contribution is -0.115. The van der Waals surface area contributed by atoms with E-state index in [-0.39, 0.29) is 11.7 Å². The average molecular weight is 388 g/mol. The van der Waals surface area contributed by atoms with Crippen LogP contribution in [0.1, 0.15) is 17.3 Å². The second kappa shape index (κ2) is 9.04. The molecule has 1 aromatic heterocycles. The molecule has 0 unspecified atom stereocenters. The van der Waals surface area contributed by atoms with Gasteiger partial charge in [-0.1, -0.05) is 17.8 Å². The zero-order chi connectivity index (χ0) is 20.0. The highest BCUT2D eigenvalue weighted by atomic mass is 32.2. The number of rotatable bonds is 7. The molecule has 2 rings (SSSR count).